The molecule has 1 N–H and O–H groups in total. The van der Waals surface area contributed by atoms with Crippen molar-refractivity contribution >= 4 is 11.9 Å². The van der Waals surface area contributed by atoms with Crippen LogP contribution in [0.1, 0.15) is 47.5 Å². The molecule has 0 aliphatic heterocycles. The lowest BCUT2D eigenvalue weighted by Crippen LogP contribution is -2.02. The molecule has 0 bridgehead atoms. The molecule has 0 atom stereocenters. The summed E-state index contributed by atoms with van der Waals surface area (Å²) in [5, 5.41) is 8.08. The largest absolute Gasteiger partial charge is 0.481 e. The van der Waals surface area contributed by atoms with Crippen LogP contribution in [0.15, 0.2) is 0 Å². The highest BCUT2D eigenvalue weighted by molar-refractivity contribution is 5.66. The van der Waals surface area contributed by atoms with Crippen molar-refractivity contribution in [3.05, 3.63) is 0 Å². The van der Waals surface area contributed by atoms with Gasteiger partial charge in [-0.1, -0.05) is 27.7 Å². The van der Waals surface area contributed by atoms with Crippen LogP contribution in [0.3, 0.4) is 0 Å². The van der Waals surface area contributed by atoms with E-state index in [0.29, 0.717) is 12.5 Å². The Morgan fingerprint density at radius 2 is 1.62 bits per heavy atom. The van der Waals surface area contributed by atoms with Gasteiger partial charge in [0.15, 0.2) is 0 Å². The van der Waals surface area contributed by atoms with E-state index in [9.17, 15) is 9.59 Å². The Bertz CT molecular complexity index is 197. The summed E-state index contributed by atoms with van der Waals surface area (Å²) >= 11 is 0. The highest BCUT2D eigenvalue weighted by Crippen LogP contribution is 1.98. The molecule has 0 aromatic carbocycles. The van der Waals surface area contributed by atoms with E-state index in [2.05, 4.69) is 13.8 Å². The molecular weight excluding hydrogens is 208 g/mol. The number of carboxylic acids is 1. The summed E-state index contributed by atoms with van der Waals surface area (Å²) in [5.41, 5.74) is 0. The maximum Gasteiger partial charge on any atom is 0.303 e. The first-order valence-electron chi connectivity index (χ1n) is 5.60. The Kier molecular flexibility index (Phi) is 11.3. The van der Waals surface area contributed by atoms with Gasteiger partial charge in [-0.05, 0) is 18.3 Å². The van der Waals surface area contributed by atoms with Gasteiger partial charge in [-0.3, -0.25) is 9.59 Å². The van der Waals surface area contributed by atoms with Crippen molar-refractivity contribution in [2.24, 2.45) is 11.8 Å². The fourth-order valence-electron chi connectivity index (χ4n) is 0.788. The molecule has 0 fully saturated rings. The molecule has 0 amide bonds. The Morgan fingerprint density at radius 1 is 1.12 bits per heavy atom. The summed E-state index contributed by atoms with van der Waals surface area (Å²) in [6.07, 6.45) is 1.24. The summed E-state index contributed by atoms with van der Waals surface area (Å²) in [6, 6.07) is 0. The topological polar surface area (TPSA) is 63.6 Å². The maximum absolute atomic E-state index is 10.2. The average molecular weight is 232 g/mol. The van der Waals surface area contributed by atoms with Crippen LogP contribution in [0.25, 0.3) is 0 Å². The summed E-state index contributed by atoms with van der Waals surface area (Å²) in [4.78, 5) is 20.0. The van der Waals surface area contributed by atoms with E-state index in [1.165, 1.54) is 6.92 Å². The molecule has 0 spiro atoms. The minimum absolute atomic E-state index is 0.185. The number of hydrogen-bond donors (Lipinski definition) is 1. The molecule has 0 aliphatic carbocycles. The van der Waals surface area contributed by atoms with E-state index in [1.54, 1.807) is 0 Å². The second-order valence-corrected chi connectivity index (χ2v) is 4.51. The van der Waals surface area contributed by atoms with Crippen LogP contribution >= 0.6 is 0 Å². The zero-order valence-corrected chi connectivity index (χ0v) is 10.9. The summed E-state index contributed by atoms with van der Waals surface area (Å²) in [6.45, 7) is 9.96. The first-order chi connectivity index (χ1) is 7.25. The van der Waals surface area contributed by atoms with Gasteiger partial charge < -0.3 is 9.84 Å². The van der Waals surface area contributed by atoms with Crippen LogP contribution in [-0.4, -0.2) is 23.7 Å². The lowest BCUT2D eigenvalue weighted by Gasteiger charge is -2.02. The Labute approximate surface area is 98.0 Å². The Hall–Kier alpha value is -1.06. The fraction of sp³-hybridized carbons (Fsp3) is 0.833. The van der Waals surface area contributed by atoms with Crippen molar-refractivity contribution in [2.45, 2.75) is 47.5 Å². The smallest absolute Gasteiger partial charge is 0.303 e. The lowest BCUT2D eigenvalue weighted by atomic mass is 10.1. The summed E-state index contributed by atoms with van der Waals surface area (Å²) in [7, 11) is 0. The number of hydrogen-bond acceptors (Lipinski definition) is 3. The Morgan fingerprint density at radius 3 is 1.81 bits per heavy atom. The summed E-state index contributed by atoms with van der Waals surface area (Å²) in [5.74, 6) is -0.00694. The van der Waals surface area contributed by atoms with Gasteiger partial charge in [-0.15, -0.1) is 0 Å². The van der Waals surface area contributed by atoms with Gasteiger partial charge >= 0.3 is 11.9 Å². The zero-order chi connectivity index (χ0) is 13.1. The number of carboxylic acid groups (broad SMARTS) is 1. The molecule has 0 rings (SSSR count). The van der Waals surface area contributed by atoms with E-state index < -0.39 is 5.97 Å². The summed E-state index contributed by atoms with van der Waals surface area (Å²) < 4.78 is 4.71. The molecule has 16 heavy (non-hydrogen) atoms. The standard InChI is InChI=1S/C7H14O2.C5H10O2/c1-6(2)4-5-9-7(3)8;1-4(2)3-5(6)7/h6H,4-5H2,1-3H3;4H,3H2,1-2H3,(H,6,7). The van der Waals surface area contributed by atoms with Gasteiger partial charge in [-0.2, -0.15) is 0 Å². The predicted octanol–water partition coefficient (Wildman–Crippen LogP) is 2.71. The third-order valence-corrected chi connectivity index (χ3v) is 1.58. The van der Waals surface area contributed by atoms with Gasteiger partial charge in [0.25, 0.3) is 0 Å². The number of aliphatic carboxylic acids is 1. The molecule has 4 nitrogen and oxygen atoms in total. The molecule has 0 radical (unpaired) electrons. The minimum atomic E-state index is -0.713. The van der Waals surface area contributed by atoms with Gasteiger partial charge in [0, 0.05) is 13.3 Å². The van der Waals surface area contributed by atoms with Crippen molar-refractivity contribution in [1.82, 2.24) is 0 Å². The number of esters is 1. The number of rotatable bonds is 5. The van der Waals surface area contributed by atoms with Gasteiger partial charge in [0.2, 0.25) is 0 Å². The highest BCUT2D eigenvalue weighted by atomic mass is 16.5. The van der Waals surface area contributed by atoms with Crippen molar-refractivity contribution in [2.75, 3.05) is 6.61 Å². The molecule has 96 valence electrons. The van der Waals surface area contributed by atoms with Gasteiger partial charge in [0.05, 0.1) is 6.61 Å². The van der Waals surface area contributed by atoms with E-state index in [0.717, 1.165) is 6.42 Å². The number of carbonyl (C=O) groups is 2. The second kappa shape index (κ2) is 10.5. The maximum atomic E-state index is 10.2. The molecular formula is C12H24O4. The van der Waals surface area contributed by atoms with Crippen LogP contribution in [0.4, 0.5) is 0 Å². The van der Waals surface area contributed by atoms with Crippen LogP contribution in [-0.2, 0) is 14.3 Å². The number of ether oxygens (including phenoxy) is 1. The first-order valence-corrected chi connectivity index (χ1v) is 5.60. The van der Waals surface area contributed by atoms with Crippen molar-refractivity contribution in [1.29, 1.82) is 0 Å². The predicted molar refractivity (Wildman–Crippen MR) is 63.2 cm³/mol. The molecule has 0 aromatic heterocycles. The van der Waals surface area contributed by atoms with Crippen LogP contribution in [0.5, 0.6) is 0 Å². The van der Waals surface area contributed by atoms with E-state index in [4.69, 9.17) is 9.84 Å². The van der Waals surface area contributed by atoms with E-state index >= 15 is 0 Å². The molecule has 0 aliphatic rings. The molecule has 0 aromatic rings. The van der Waals surface area contributed by atoms with E-state index in [-0.39, 0.29) is 18.3 Å². The normalized spacial score (nSPS) is 9.69. The molecule has 0 heterocycles. The van der Waals surface area contributed by atoms with Crippen molar-refractivity contribution in [3.8, 4) is 0 Å². The van der Waals surface area contributed by atoms with E-state index in [1.807, 2.05) is 13.8 Å². The fourth-order valence-corrected chi connectivity index (χ4v) is 0.788. The second-order valence-electron chi connectivity index (χ2n) is 4.51. The first kappa shape index (κ1) is 17.3. The third-order valence-electron chi connectivity index (χ3n) is 1.58. The average Bonchev–Trinajstić information content (AvgIpc) is 2.00. The van der Waals surface area contributed by atoms with Crippen molar-refractivity contribution in [3.63, 3.8) is 0 Å². The van der Waals surface area contributed by atoms with Crippen LogP contribution < -0.4 is 0 Å². The molecule has 0 saturated carbocycles. The monoisotopic (exact) mass is 232 g/mol. The molecule has 0 unspecified atom stereocenters. The van der Waals surface area contributed by atoms with Gasteiger partial charge in [-0.25, -0.2) is 0 Å². The zero-order valence-electron chi connectivity index (χ0n) is 10.9. The van der Waals surface area contributed by atoms with Gasteiger partial charge in [0.1, 0.15) is 0 Å². The molecule has 4 heteroatoms. The molecule has 0 saturated heterocycles. The number of carbonyl (C=O) groups excluding carboxylic acids is 1. The minimum Gasteiger partial charge on any atom is -0.481 e. The lowest BCUT2D eigenvalue weighted by molar-refractivity contribution is -0.141. The third kappa shape index (κ3) is 23.1. The SMILES string of the molecule is CC(=O)OCCC(C)C.CC(C)CC(=O)O. The quantitative estimate of drug-likeness (QED) is 0.740. The van der Waals surface area contributed by atoms with Crippen LogP contribution in [0.2, 0.25) is 0 Å². The Balaban J connectivity index is 0. The van der Waals surface area contributed by atoms with Crippen molar-refractivity contribution < 1.29 is 19.4 Å². The highest BCUT2D eigenvalue weighted by Gasteiger charge is 1.98. The van der Waals surface area contributed by atoms with Crippen LogP contribution in [0, 0.1) is 11.8 Å².